The van der Waals surface area contributed by atoms with Crippen LogP contribution in [0.15, 0.2) is 24.3 Å². The van der Waals surface area contributed by atoms with E-state index in [-0.39, 0.29) is 12.0 Å². The Morgan fingerprint density at radius 1 is 1.35 bits per heavy atom. The van der Waals surface area contributed by atoms with Gasteiger partial charge in [-0.25, -0.2) is 0 Å². The third-order valence-corrected chi connectivity index (χ3v) is 3.08. The third-order valence-electron chi connectivity index (χ3n) is 3.08. The molecule has 1 amide bonds. The highest BCUT2D eigenvalue weighted by Gasteiger charge is 2.15. The van der Waals surface area contributed by atoms with Crippen LogP contribution in [0.3, 0.4) is 0 Å². The maximum absolute atomic E-state index is 12.0. The molecule has 1 rings (SSSR count). The van der Waals surface area contributed by atoms with Gasteiger partial charge in [0.15, 0.2) is 0 Å². The fourth-order valence-corrected chi connectivity index (χ4v) is 1.83. The number of ether oxygens (including phenoxy) is 2. The molecular formula is C15H24N2O3. The van der Waals surface area contributed by atoms with Crippen LogP contribution in [0.5, 0.6) is 5.75 Å². The van der Waals surface area contributed by atoms with Crippen LogP contribution in [-0.2, 0) is 16.1 Å². The van der Waals surface area contributed by atoms with E-state index in [1.807, 2.05) is 31.2 Å². The number of hydrogen-bond acceptors (Lipinski definition) is 4. The molecule has 0 fully saturated rings. The summed E-state index contributed by atoms with van der Waals surface area (Å²) in [6.07, 6.45) is 0.0887. The summed E-state index contributed by atoms with van der Waals surface area (Å²) in [5.41, 5.74) is 6.58. The molecule has 0 saturated carbocycles. The molecular weight excluding hydrogens is 256 g/mol. The second-order valence-electron chi connectivity index (χ2n) is 4.62. The van der Waals surface area contributed by atoms with E-state index >= 15 is 0 Å². The number of nitrogens with two attached hydrogens (primary N) is 1. The highest BCUT2D eigenvalue weighted by atomic mass is 16.5. The number of benzene rings is 1. The van der Waals surface area contributed by atoms with E-state index in [4.69, 9.17) is 15.2 Å². The lowest BCUT2D eigenvalue weighted by molar-refractivity contribution is -0.132. The van der Waals surface area contributed by atoms with Crippen LogP contribution < -0.4 is 10.5 Å². The lowest BCUT2D eigenvalue weighted by atomic mass is 10.2. The van der Waals surface area contributed by atoms with Crippen molar-refractivity contribution in [1.29, 1.82) is 0 Å². The van der Waals surface area contributed by atoms with Gasteiger partial charge in [-0.05, 0) is 24.6 Å². The van der Waals surface area contributed by atoms with Gasteiger partial charge < -0.3 is 20.1 Å². The van der Waals surface area contributed by atoms with Crippen molar-refractivity contribution in [2.75, 3.05) is 27.3 Å². The van der Waals surface area contributed by atoms with Crippen molar-refractivity contribution < 1.29 is 14.3 Å². The van der Waals surface area contributed by atoms with E-state index in [2.05, 4.69) is 0 Å². The Kier molecular flexibility index (Phi) is 7.04. The zero-order chi connectivity index (χ0) is 15.0. The summed E-state index contributed by atoms with van der Waals surface area (Å²) in [7, 11) is 3.35. The maximum Gasteiger partial charge on any atom is 0.225 e. The first-order valence-electron chi connectivity index (χ1n) is 6.79. The van der Waals surface area contributed by atoms with E-state index in [1.54, 1.807) is 19.1 Å². The third kappa shape index (κ3) is 5.19. The maximum atomic E-state index is 12.0. The van der Waals surface area contributed by atoms with Crippen molar-refractivity contribution in [1.82, 2.24) is 4.90 Å². The Labute approximate surface area is 120 Å². The number of carbonyl (C=O) groups excluding carboxylic acids is 1. The number of methoxy groups -OCH3 is 1. The Balaban J connectivity index is 2.52. The lowest BCUT2D eigenvalue weighted by Gasteiger charge is -2.20. The molecule has 1 atom stereocenters. The second-order valence-corrected chi connectivity index (χ2v) is 4.62. The molecule has 0 spiro atoms. The Hall–Kier alpha value is -1.59. The van der Waals surface area contributed by atoms with Gasteiger partial charge in [-0.3, -0.25) is 4.79 Å². The van der Waals surface area contributed by atoms with Crippen LogP contribution in [0.4, 0.5) is 0 Å². The molecule has 0 aliphatic carbocycles. The minimum absolute atomic E-state index is 0.0242. The van der Waals surface area contributed by atoms with E-state index in [9.17, 15) is 4.79 Å². The Morgan fingerprint density at radius 3 is 2.50 bits per heavy atom. The summed E-state index contributed by atoms with van der Waals surface area (Å²) in [4.78, 5) is 13.7. The van der Waals surface area contributed by atoms with E-state index < -0.39 is 0 Å². The standard InChI is InChI=1S/C15H24N2O3/c1-4-20-13-7-5-12(6-8-13)11-17(2)15(18)9-14(10-16)19-3/h5-8,14H,4,9-11,16H2,1-3H3. The van der Waals surface area contributed by atoms with Crippen molar-refractivity contribution in [3.63, 3.8) is 0 Å². The summed E-state index contributed by atoms with van der Waals surface area (Å²) in [6.45, 7) is 3.50. The van der Waals surface area contributed by atoms with Gasteiger partial charge in [-0.2, -0.15) is 0 Å². The minimum Gasteiger partial charge on any atom is -0.494 e. The quantitative estimate of drug-likeness (QED) is 0.782. The molecule has 0 bridgehead atoms. The van der Waals surface area contributed by atoms with Crippen LogP contribution in [0.25, 0.3) is 0 Å². The fourth-order valence-electron chi connectivity index (χ4n) is 1.83. The number of nitrogens with zero attached hydrogens (tertiary/aromatic N) is 1. The predicted molar refractivity (Wildman–Crippen MR) is 78.6 cm³/mol. The van der Waals surface area contributed by atoms with Crippen molar-refractivity contribution in [2.45, 2.75) is 26.0 Å². The number of rotatable bonds is 8. The average Bonchev–Trinajstić information content (AvgIpc) is 2.46. The van der Waals surface area contributed by atoms with Crippen molar-refractivity contribution in [3.05, 3.63) is 29.8 Å². The number of hydrogen-bond donors (Lipinski definition) is 1. The van der Waals surface area contributed by atoms with Gasteiger partial charge in [0.2, 0.25) is 5.91 Å². The summed E-state index contributed by atoms with van der Waals surface area (Å²) >= 11 is 0. The monoisotopic (exact) mass is 280 g/mol. The molecule has 1 unspecified atom stereocenters. The molecule has 0 aliphatic heterocycles. The molecule has 0 heterocycles. The average molecular weight is 280 g/mol. The van der Waals surface area contributed by atoms with Crippen LogP contribution >= 0.6 is 0 Å². The van der Waals surface area contributed by atoms with Crippen molar-refractivity contribution in [3.8, 4) is 5.75 Å². The summed E-state index contributed by atoms with van der Waals surface area (Å²) in [6, 6.07) is 7.75. The van der Waals surface area contributed by atoms with Gasteiger partial charge in [0.25, 0.3) is 0 Å². The van der Waals surface area contributed by atoms with Gasteiger partial charge in [-0.1, -0.05) is 12.1 Å². The second kappa shape index (κ2) is 8.55. The van der Waals surface area contributed by atoms with E-state index in [0.717, 1.165) is 11.3 Å². The van der Waals surface area contributed by atoms with E-state index in [1.165, 1.54) is 0 Å². The largest absolute Gasteiger partial charge is 0.494 e. The minimum atomic E-state index is -0.217. The molecule has 0 saturated heterocycles. The first-order valence-corrected chi connectivity index (χ1v) is 6.79. The smallest absolute Gasteiger partial charge is 0.225 e. The Bertz CT molecular complexity index is 402. The molecule has 1 aromatic rings. The van der Waals surface area contributed by atoms with Crippen LogP contribution in [-0.4, -0.2) is 44.2 Å². The molecule has 0 aromatic heterocycles. The molecule has 2 N–H and O–H groups in total. The van der Waals surface area contributed by atoms with Gasteiger partial charge >= 0.3 is 0 Å². The van der Waals surface area contributed by atoms with Crippen LogP contribution in [0, 0.1) is 0 Å². The van der Waals surface area contributed by atoms with E-state index in [0.29, 0.717) is 26.1 Å². The molecule has 5 nitrogen and oxygen atoms in total. The van der Waals surface area contributed by atoms with Gasteiger partial charge in [0.1, 0.15) is 5.75 Å². The fraction of sp³-hybridized carbons (Fsp3) is 0.533. The topological polar surface area (TPSA) is 64.8 Å². The van der Waals surface area contributed by atoms with Crippen molar-refractivity contribution in [2.24, 2.45) is 5.73 Å². The summed E-state index contributed by atoms with van der Waals surface area (Å²) in [5, 5.41) is 0. The SMILES string of the molecule is CCOc1ccc(CN(C)C(=O)CC(CN)OC)cc1. The zero-order valence-corrected chi connectivity index (χ0v) is 12.5. The molecule has 112 valence electrons. The Morgan fingerprint density at radius 2 is 2.00 bits per heavy atom. The van der Waals surface area contributed by atoms with Gasteiger partial charge in [-0.15, -0.1) is 0 Å². The predicted octanol–water partition coefficient (Wildman–Crippen LogP) is 1.41. The number of amides is 1. The summed E-state index contributed by atoms with van der Waals surface area (Å²) in [5.74, 6) is 0.865. The first kappa shape index (κ1) is 16.5. The molecule has 1 aromatic carbocycles. The van der Waals surface area contributed by atoms with Crippen LogP contribution in [0.1, 0.15) is 18.9 Å². The molecule has 0 aliphatic rings. The van der Waals surface area contributed by atoms with Crippen molar-refractivity contribution >= 4 is 5.91 Å². The number of carbonyl (C=O) groups is 1. The van der Waals surface area contributed by atoms with Gasteiger partial charge in [0, 0.05) is 27.2 Å². The molecule has 20 heavy (non-hydrogen) atoms. The zero-order valence-electron chi connectivity index (χ0n) is 12.5. The molecule has 5 heteroatoms. The highest BCUT2D eigenvalue weighted by Crippen LogP contribution is 2.13. The highest BCUT2D eigenvalue weighted by molar-refractivity contribution is 5.76. The van der Waals surface area contributed by atoms with Crippen LogP contribution in [0.2, 0.25) is 0 Å². The molecule has 0 radical (unpaired) electrons. The van der Waals surface area contributed by atoms with Gasteiger partial charge in [0.05, 0.1) is 19.1 Å². The normalized spacial score (nSPS) is 12.0. The first-order chi connectivity index (χ1) is 9.60. The lowest BCUT2D eigenvalue weighted by Crippen LogP contribution is -2.33. The summed E-state index contributed by atoms with van der Waals surface area (Å²) < 4.78 is 10.5.